The molecule has 0 spiro atoms. The molecule has 1 aliphatic heterocycles. The zero-order valence-electron chi connectivity index (χ0n) is 18.6. The van der Waals surface area contributed by atoms with Gasteiger partial charge in [-0.3, -0.25) is 19.2 Å². The fourth-order valence-corrected chi connectivity index (χ4v) is 4.22. The Kier molecular flexibility index (Phi) is 9.00. The summed E-state index contributed by atoms with van der Waals surface area (Å²) in [4.78, 5) is 46.5. The molecule has 0 radical (unpaired) electrons. The van der Waals surface area contributed by atoms with Crippen LogP contribution >= 0.6 is 0 Å². The lowest BCUT2D eigenvalue weighted by atomic mass is 9.90. The van der Waals surface area contributed by atoms with Crippen LogP contribution < -0.4 is 0 Å². The second-order valence-electron chi connectivity index (χ2n) is 8.54. The lowest BCUT2D eigenvalue weighted by Gasteiger charge is -2.49. The molecule has 1 saturated heterocycles. The Hall–Kier alpha value is -1.98. The summed E-state index contributed by atoms with van der Waals surface area (Å²) in [6, 6.07) is 0.590. The molecule has 1 fully saturated rings. The van der Waals surface area contributed by atoms with E-state index in [4.69, 9.17) is 23.7 Å². The van der Waals surface area contributed by atoms with E-state index in [1.807, 2.05) is 0 Å². The third-order valence-electron chi connectivity index (χ3n) is 4.37. The van der Waals surface area contributed by atoms with Gasteiger partial charge in [-0.1, -0.05) is 25.7 Å². The van der Waals surface area contributed by atoms with E-state index in [1.165, 1.54) is 6.92 Å². The van der Waals surface area contributed by atoms with Gasteiger partial charge in [0, 0.05) is 42.2 Å². The Bertz CT molecular complexity index is 658. The van der Waals surface area contributed by atoms with Crippen LogP contribution in [0.15, 0.2) is 0 Å². The van der Waals surface area contributed by atoms with E-state index in [1.54, 1.807) is 0 Å². The topological polar surface area (TPSA) is 135 Å². The summed E-state index contributed by atoms with van der Waals surface area (Å²) in [6.45, 7) is 10.5. The average Bonchev–Trinajstić information content (AvgIpc) is 2.56. The number of esters is 4. The Labute approximate surface area is 177 Å². The van der Waals surface area contributed by atoms with E-state index in [0.717, 1.165) is 20.8 Å². The number of hydrogen-bond donors (Lipinski definition) is 1. The third kappa shape index (κ3) is 8.03. The zero-order chi connectivity index (χ0) is 23.3. The highest BCUT2D eigenvalue weighted by Crippen LogP contribution is 2.38. The maximum absolute atomic E-state index is 11.8. The lowest BCUT2D eigenvalue weighted by molar-refractivity contribution is -0.352. The van der Waals surface area contributed by atoms with Crippen molar-refractivity contribution >= 4 is 32.0 Å². The van der Waals surface area contributed by atoms with Gasteiger partial charge in [0.15, 0.2) is 18.3 Å². The SMILES string of the molecule is CC(=O)OC[C@H]1O[C@](O)(CC[Si](C)(C)C)[C@H](OC(C)=O)[C@@H](OC(C)=O)[C@H]1OC(C)=O. The van der Waals surface area contributed by atoms with Gasteiger partial charge < -0.3 is 28.8 Å². The lowest BCUT2D eigenvalue weighted by Crippen LogP contribution is -2.68. The van der Waals surface area contributed by atoms with Crippen molar-refractivity contribution in [1.29, 1.82) is 0 Å². The molecule has 0 saturated carbocycles. The first kappa shape index (κ1) is 26.1. The Morgan fingerprint density at radius 1 is 0.867 bits per heavy atom. The average molecular weight is 449 g/mol. The Morgan fingerprint density at radius 3 is 1.80 bits per heavy atom. The number of aliphatic hydroxyl groups is 1. The molecule has 0 aliphatic carbocycles. The first-order valence-electron chi connectivity index (χ1n) is 9.70. The third-order valence-corrected chi connectivity index (χ3v) is 6.12. The van der Waals surface area contributed by atoms with E-state index in [-0.39, 0.29) is 13.0 Å². The number of ether oxygens (including phenoxy) is 5. The van der Waals surface area contributed by atoms with Crippen LogP contribution in [0.2, 0.25) is 25.7 Å². The molecule has 0 aromatic carbocycles. The van der Waals surface area contributed by atoms with Gasteiger partial charge in [0.25, 0.3) is 0 Å². The van der Waals surface area contributed by atoms with Gasteiger partial charge in [-0.05, 0) is 0 Å². The molecule has 1 rings (SSSR count). The predicted octanol–water partition coefficient (Wildman–Crippen LogP) is 1.16. The van der Waals surface area contributed by atoms with Crippen molar-refractivity contribution in [2.24, 2.45) is 0 Å². The van der Waals surface area contributed by atoms with Crippen molar-refractivity contribution in [3.63, 3.8) is 0 Å². The van der Waals surface area contributed by atoms with Gasteiger partial charge in [0.05, 0.1) is 0 Å². The van der Waals surface area contributed by atoms with Crippen molar-refractivity contribution in [3.05, 3.63) is 0 Å². The van der Waals surface area contributed by atoms with E-state index >= 15 is 0 Å². The Balaban J connectivity index is 3.42. The summed E-state index contributed by atoms with van der Waals surface area (Å²) in [7, 11) is -1.67. The van der Waals surface area contributed by atoms with Crippen LogP contribution in [0, 0.1) is 0 Å². The molecule has 1 heterocycles. The molecule has 0 unspecified atom stereocenters. The first-order valence-corrected chi connectivity index (χ1v) is 13.4. The van der Waals surface area contributed by atoms with E-state index < -0.39 is 62.2 Å². The summed E-state index contributed by atoms with van der Waals surface area (Å²) >= 11 is 0. The van der Waals surface area contributed by atoms with Gasteiger partial charge in [-0.15, -0.1) is 0 Å². The molecule has 30 heavy (non-hydrogen) atoms. The molecular weight excluding hydrogens is 416 g/mol. The molecule has 0 amide bonds. The smallest absolute Gasteiger partial charge is 0.303 e. The van der Waals surface area contributed by atoms with Gasteiger partial charge >= 0.3 is 23.9 Å². The summed E-state index contributed by atoms with van der Waals surface area (Å²) in [5.41, 5.74) is 0. The van der Waals surface area contributed by atoms with Crippen LogP contribution in [-0.2, 0) is 42.9 Å². The standard InChI is InChI=1S/C19H32O10Si/c1-11(20)25-10-15-16(26-12(2)21)17(27-13(3)22)18(28-14(4)23)19(24,29-15)8-9-30(5,6)7/h15-18,24H,8-10H2,1-7H3/t15-,16+,17+,18-,19-/m1/s1. The normalized spacial score (nSPS) is 28.9. The van der Waals surface area contributed by atoms with Crippen LogP contribution in [0.25, 0.3) is 0 Å². The van der Waals surface area contributed by atoms with Crippen molar-refractivity contribution in [3.8, 4) is 0 Å². The molecule has 10 nitrogen and oxygen atoms in total. The second-order valence-corrected chi connectivity index (χ2v) is 14.2. The number of hydrogen-bond acceptors (Lipinski definition) is 10. The second kappa shape index (κ2) is 10.4. The highest BCUT2D eigenvalue weighted by Gasteiger charge is 2.59. The zero-order valence-corrected chi connectivity index (χ0v) is 19.6. The molecule has 172 valence electrons. The maximum Gasteiger partial charge on any atom is 0.303 e. The van der Waals surface area contributed by atoms with Crippen molar-refractivity contribution in [2.75, 3.05) is 6.61 Å². The number of carbonyl (C=O) groups excluding carboxylic acids is 4. The maximum atomic E-state index is 11.8. The Morgan fingerprint density at radius 2 is 1.37 bits per heavy atom. The highest BCUT2D eigenvalue weighted by molar-refractivity contribution is 6.76. The van der Waals surface area contributed by atoms with Crippen LogP contribution in [0.1, 0.15) is 34.1 Å². The number of rotatable bonds is 8. The fraction of sp³-hybridized carbons (Fsp3) is 0.789. The van der Waals surface area contributed by atoms with Gasteiger partial charge in [0.2, 0.25) is 5.79 Å². The van der Waals surface area contributed by atoms with E-state index in [0.29, 0.717) is 6.04 Å². The van der Waals surface area contributed by atoms with Gasteiger partial charge in [0.1, 0.15) is 12.7 Å². The van der Waals surface area contributed by atoms with Crippen LogP contribution in [-0.4, -0.2) is 73.9 Å². The highest BCUT2D eigenvalue weighted by atomic mass is 28.3. The van der Waals surface area contributed by atoms with Crippen LogP contribution in [0.5, 0.6) is 0 Å². The fourth-order valence-electron chi connectivity index (χ4n) is 3.11. The number of carbonyl (C=O) groups is 4. The summed E-state index contributed by atoms with van der Waals surface area (Å²) in [6.07, 6.45) is -5.17. The summed E-state index contributed by atoms with van der Waals surface area (Å²) in [5, 5.41) is 11.4. The minimum absolute atomic E-state index is 0.0712. The monoisotopic (exact) mass is 448 g/mol. The molecule has 0 aromatic heterocycles. The predicted molar refractivity (Wildman–Crippen MR) is 106 cm³/mol. The molecule has 11 heteroatoms. The van der Waals surface area contributed by atoms with Gasteiger partial charge in [-0.25, -0.2) is 0 Å². The molecular formula is C19H32O10Si. The van der Waals surface area contributed by atoms with Crippen LogP contribution in [0.3, 0.4) is 0 Å². The molecule has 1 N–H and O–H groups in total. The van der Waals surface area contributed by atoms with E-state index in [2.05, 4.69) is 19.6 Å². The molecule has 0 aromatic rings. The van der Waals surface area contributed by atoms with E-state index in [9.17, 15) is 24.3 Å². The first-order chi connectivity index (χ1) is 13.6. The largest absolute Gasteiger partial charge is 0.463 e. The quantitative estimate of drug-likeness (QED) is 0.327. The minimum atomic E-state index is -2.05. The summed E-state index contributed by atoms with van der Waals surface area (Å²) in [5.74, 6) is -4.87. The molecule has 0 bridgehead atoms. The molecule has 1 aliphatic rings. The molecule has 5 atom stereocenters. The van der Waals surface area contributed by atoms with Crippen LogP contribution in [0.4, 0.5) is 0 Å². The van der Waals surface area contributed by atoms with Crippen molar-refractivity contribution < 1.29 is 48.0 Å². The van der Waals surface area contributed by atoms with Gasteiger partial charge in [-0.2, -0.15) is 0 Å². The van der Waals surface area contributed by atoms with Crippen molar-refractivity contribution in [1.82, 2.24) is 0 Å². The van der Waals surface area contributed by atoms with Crippen molar-refractivity contribution in [2.45, 2.75) is 90.0 Å². The summed E-state index contributed by atoms with van der Waals surface area (Å²) < 4.78 is 26.7. The minimum Gasteiger partial charge on any atom is -0.463 e.